The van der Waals surface area contributed by atoms with Gasteiger partial charge in [0.1, 0.15) is 17.4 Å². The second-order valence-corrected chi connectivity index (χ2v) is 4.90. The van der Waals surface area contributed by atoms with Crippen molar-refractivity contribution in [2.24, 2.45) is 0 Å². The van der Waals surface area contributed by atoms with E-state index < -0.39 is 10.7 Å². The molecule has 2 aromatic carbocycles. The molecule has 0 amide bonds. The maximum Gasteiger partial charge on any atom is 0.276 e. The Morgan fingerprint density at radius 3 is 2.56 bits per heavy atom. The maximum absolute atomic E-state index is 12.5. The number of carbonyl (C=O) groups excluding carboxylic acids is 1. The molecular formula is C19H14N2O4. The van der Waals surface area contributed by atoms with Gasteiger partial charge in [-0.15, -0.1) is 0 Å². The fraction of sp³-hybridized carbons (Fsp3) is 0.0526. The number of rotatable bonds is 6. The summed E-state index contributed by atoms with van der Waals surface area (Å²) in [6.07, 6.45) is 4.24. The summed E-state index contributed by atoms with van der Waals surface area (Å²) in [5.41, 5.74) is 0.503. The van der Waals surface area contributed by atoms with Crippen LogP contribution in [0.1, 0.15) is 15.9 Å². The highest BCUT2D eigenvalue weighted by molar-refractivity contribution is 6.13. The lowest BCUT2D eigenvalue weighted by Crippen LogP contribution is -2.04. The minimum atomic E-state index is -0.491. The van der Waals surface area contributed by atoms with Crippen molar-refractivity contribution >= 4 is 17.5 Å². The number of allylic oxidation sites excluding steroid dienone is 3. The van der Waals surface area contributed by atoms with E-state index in [0.29, 0.717) is 11.3 Å². The first-order valence-corrected chi connectivity index (χ1v) is 7.28. The molecule has 0 N–H and O–H groups in total. The topological polar surface area (TPSA) is 93.2 Å². The summed E-state index contributed by atoms with van der Waals surface area (Å²) in [4.78, 5) is 22.9. The van der Waals surface area contributed by atoms with Crippen molar-refractivity contribution in [1.82, 2.24) is 0 Å². The Hall–Kier alpha value is -3.72. The van der Waals surface area contributed by atoms with E-state index in [1.165, 1.54) is 31.4 Å². The number of nitriles is 1. The molecule has 0 bridgehead atoms. The third-order valence-electron chi connectivity index (χ3n) is 3.39. The number of nitro groups is 1. The fourth-order valence-electron chi connectivity index (χ4n) is 2.18. The smallest absolute Gasteiger partial charge is 0.276 e. The molecule has 0 radical (unpaired) electrons. The van der Waals surface area contributed by atoms with Crippen LogP contribution in [0.2, 0.25) is 0 Å². The zero-order valence-corrected chi connectivity index (χ0v) is 13.4. The molecule has 0 atom stereocenters. The Labute approximate surface area is 144 Å². The summed E-state index contributed by atoms with van der Waals surface area (Å²) in [5, 5.41) is 20.2. The molecular weight excluding hydrogens is 320 g/mol. The van der Waals surface area contributed by atoms with E-state index in [4.69, 9.17) is 4.74 Å². The Kier molecular flexibility index (Phi) is 5.80. The van der Waals surface area contributed by atoms with E-state index in [2.05, 4.69) is 0 Å². The van der Waals surface area contributed by atoms with Crippen LogP contribution in [0.4, 0.5) is 5.69 Å². The lowest BCUT2D eigenvalue weighted by Gasteiger charge is -2.05. The lowest BCUT2D eigenvalue weighted by atomic mass is 10.0. The Bertz CT molecular complexity index is 908. The standard InChI is InChI=1S/C19H14N2O4/c1-25-18-12-5-3-10-16(18)19(22)15(13-20)9-6-8-14-7-2-4-11-17(14)21(23)24/h2-12H,1H3/b8-6+,15-9+. The number of carbonyl (C=O) groups is 1. The summed E-state index contributed by atoms with van der Waals surface area (Å²) >= 11 is 0. The van der Waals surface area contributed by atoms with Gasteiger partial charge in [-0.3, -0.25) is 14.9 Å². The molecule has 0 aliphatic rings. The largest absolute Gasteiger partial charge is 0.496 e. The number of nitrogens with zero attached hydrogens (tertiary/aromatic N) is 2. The predicted molar refractivity (Wildman–Crippen MR) is 93.2 cm³/mol. The highest BCUT2D eigenvalue weighted by Crippen LogP contribution is 2.22. The quantitative estimate of drug-likeness (QED) is 0.199. The van der Waals surface area contributed by atoms with Crippen LogP contribution in [-0.2, 0) is 0 Å². The first-order chi connectivity index (χ1) is 12.1. The van der Waals surface area contributed by atoms with Crippen LogP contribution in [0, 0.1) is 21.4 Å². The van der Waals surface area contributed by atoms with E-state index in [9.17, 15) is 20.2 Å². The zero-order valence-electron chi connectivity index (χ0n) is 13.4. The van der Waals surface area contributed by atoms with Crippen LogP contribution in [0.25, 0.3) is 6.08 Å². The Morgan fingerprint density at radius 2 is 1.88 bits per heavy atom. The van der Waals surface area contributed by atoms with Crippen molar-refractivity contribution in [1.29, 1.82) is 5.26 Å². The lowest BCUT2D eigenvalue weighted by molar-refractivity contribution is -0.385. The van der Waals surface area contributed by atoms with Gasteiger partial charge >= 0.3 is 0 Å². The first-order valence-electron chi connectivity index (χ1n) is 7.28. The molecule has 6 heteroatoms. The molecule has 0 unspecified atom stereocenters. The summed E-state index contributed by atoms with van der Waals surface area (Å²) in [6, 6.07) is 14.6. The third kappa shape index (κ3) is 4.18. The van der Waals surface area contributed by atoms with Gasteiger partial charge in [-0.05, 0) is 30.4 Å². The third-order valence-corrected chi connectivity index (χ3v) is 3.39. The van der Waals surface area contributed by atoms with Crippen LogP contribution >= 0.6 is 0 Å². The van der Waals surface area contributed by atoms with Gasteiger partial charge in [0.05, 0.1) is 23.2 Å². The first kappa shape index (κ1) is 17.6. The number of benzene rings is 2. The van der Waals surface area contributed by atoms with Crippen LogP contribution in [0.3, 0.4) is 0 Å². The molecule has 2 rings (SSSR count). The number of hydrogen-bond acceptors (Lipinski definition) is 5. The molecule has 6 nitrogen and oxygen atoms in total. The van der Waals surface area contributed by atoms with Crippen molar-refractivity contribution in [3.63, 3.8) is 0 Å². The monoisotopic (exact) mass is 334 g/mol. The van der Waals surface area contributed by atoms with E-state index >= 15 is 0 Å². The van der Waals surface area contributed by atoms with Crippen molar-refractivity contribution in [3.8, 4) is 11.8 Å². The number of hydrogen-bond donors (Lipinski definition) is 0. The van der Waals surface area contributed by atoms with Crippen molar-refractivity contribution in [2.75, 3.05) is 7.11 Å². The van der Waals surface area contributed by atoms with E-state index in [0.717, 1.165) is 0 Å². The summed E-state index contributed by atoms with van der Waals surface area (Å²) in [5.74, 6) is -0.108. The van der Waals surface area contributed by atoms with Gasteiger partial charge in [0.2, 0.25) is 5.78 Å². The molecule has 0 spiro atoms. The summed E-state index contributed by atoms with van der Waals surface area (Å²) < 4.78 is 5.13. The maximum atomic E-state index is 12.5. The molecule has 0 aliphatic carbocycles. The minimum absolute atomic E-state index is 0.0540. The number of ether oxygens (including phenoxy) is 1. The second kappa shape index (κ2) is 8.22. The van der Waals surface area contributed by atoms with E-state index in [-0.39, 0.29) is 16.8 Å². The Balaban J connectivity index is 2.31. The number of ketones is 1. The van der Waals surface area contributed by atoms with Gasteiger partial charge in [-0.2, -0.15) is 5.26 Å². The summed E-state index contributed by atoms with van der Waals surface area (Å²) in [7, 11) is 1.44. The van der Waals surface area contributed by atoms with Crippen LogP contribution in [0.5, 0.6) is 5.75 Å². The molecule has 0 saturated carbocycles. The van der Waals surface area contributed by atoms with Gasteiger partial charge in [0, 0.05) is 6.07 Å². The average molecular weight is 334 g/mol. The normalized spacial score (nSPS) is 11.1. The average Bonchev–Trinajstić information content (AvgIpc) is 2.65. The van der Waals surface area contributed by atoms with Gasteiger partial charge in [0.15, 0.2) is 0 Å². The molecule has 0 aliphatic heterocycles. The van der Waals surface area contributed by atoms with Crippen LogP contribution in [-0.4, -0.2) is 17.8 Å². The van der Waals surface area contributed by atoms with E-state index in [1.54, 1.807) is 42.5 Å². The van der Waals surface area contributed by atoms with E-state index in [1.807, 2.05) is 6.07 Å². The predicted octanol–water partition coefficient (Wildman–Crippen LogP) is 3.95. The second-order valence-electron chi connectivity index (χ2n) is 4.90. The Morgan fingerprint density at radius 1 is 1.20 bits per heavy atom. The zero-order chi connectivity index (χ0) is 18.2. The van der Waals surface area contributed by atoms with Crippen LogP contribution < -0.4 is 4.74 Å². The molecule has 2 aromatic rings. The number of Topliss-reactive ketones (excluding diaryl/α,β-unsaturated/α-hetero) is 1. The molecule has 25 heavy (non-hydrogen) atoms. The summed E-state index contributed by atoms with van der Waals surface area (Å²) in [6.45, 7) is 0. The number of nitro benzene ring substituents is 1. The molecule has 0 aromatic heterocycles. The molecule has 0 heterocycles. The van der Waals surface area contributed by atoms with Gasteiger partial charge < -0.3 is 4.74 Å². The minimum Gasteiger partial charge on any atom is -0.496 e. The highest BCUT2D eigenvalue weighted by Gasteiger charge is 2.15. The molecule has 0 fully saturated rings. The molecule has 0 saturated heterocycles. The highest BCUT2D eigenvalue weighted by atomic mass is 16.6. The van der Waals surface area contributed by atoms with Crippen molar-refractivity contribution in [2.45, 2.75) is 0 Å². The van der Waals surface area contributed by atoms with Crippen molar-refractivity contribution in [3.05, 3.63) is 87.5 Å². The van der Waals surface area contributed by atoms with Crippen molar-refractivity contribution < 1.29 is 14.5 Å². The number of methoxy groups -OCH3 is 1. The van der Waals surface area contributed by atoms with Gasteiger partial charge in [-0.1, -0.05) is 30.3 Å². The SMILES string of the molecule is COc1ccccc1C(=O)/C(C#N)=C/C=C/c1ccccc1[N+](=O)[O-]. The number of para-hydroxylation sites is 2. The van der Waals surface area contributed by atoms with Crippen LogP contribution in [0.15, 0.2) is 66.3 Å². The van der Waals surface area contributed by atoms with Gasteiger partial charge in [-0.25, -0.2) is 0 Å². The fourth-order valence-corrected chi connectivity index (χ4v) is 2.18. The van der Waals surface area contributed by atoms with Gasteiger partial charge in [0.25, 0.3) is 5.69 Å². The molecule has 124 valence electrons.